The van der Waals surface area contributed by atoms with Gasteiger partial charge in [0.05, 0.1) is 26.6 Å². The average molecular weight is 469 g/mol. The molecule has 0 spiro atoms. The van der Waals surface area contributed by atoms with Crippen LogP contribution in [0, 0.1) is 34.1 Å². The molecular formula is C21H19N5O6S. The Hall–Kier alpha value is -4.32. The van der Waals surface area contributed by atoms with E-state index in [4.69, 9.17) is 0 Å². The van der Waals surface area contributed by atoms with E-state index in [2.05, 4.69) is 15.2 Å². The van der Waals surface area contributed by atoms with Gasteiger partial charge < -0.3 is 0 Å². The van der Waals surface area contributed by atoms with Crippen molar-refractivity contribution in [3.63, 3.8) is 0 Å². The van der Waals surface area contributed by atoms with Gasteiger partial charge in [-0.3, -0.25) is 30.4 Å². The highest BCUT2D eigenvalue weighted by molar-refractivity contribution is 7.92. The van der Waals surface area contributed by atoms with Gasteiger partial charge in [0.2, 0.25) is 0 Å². The highest BCUT2D eigenvalue weighted by atomic mass is 32.2. The monoisotopic (exact) mass is 469 g/mol. The minimum absolute atomic E-state index is 0.0489. The number of hydrogen-bond donors (Lipinski definition) is 2. The minimum Gasteiger partial charge on any atom is -0.279 e. The lowest BCUT2D eigenvalue weighted by atomic mass is 10.1. The van der Waals surface area contributed by atoms with Gasteiger partial charge in [-0.05, 0) is 37.6 Å². The van der Waals surface area contributed by atoms with Crippen LogP contribution in [0.5, 0.6) is 0 Å². The third kappa shape index (κ3) is 5.68. The molecule has 0 aliphatic carbocycles. The van der Waals surface area contributed by atoms with E-state index >= 15 is 0 Å². The molecule has 0 fully saturated rings. The van der Waals surface area contributed by atoms with Crippen molar-refractivity contribution < 1.29 is 18.3 Å². The maximum Gasteiger partial charge on any atom is 0.295 e. The van der Waals surface area contributed by atoms with Crippen LogP contribution in [0.15, 0.2) is 70.7 Å². The Morgan fingerprint density at radius 3 is 2.30 bits per heavy atom. The van der Waals surface area contributed by atoms with Gasteiger partial charge in [-0.1, -0.05) is 29.8 Å². The second-order valence-corrected chi connectivity index (χ2v) is 8.76. The zero-order chi connectivity index (χ0) is 24.2. The van der Waals surface area contributed by atoms with Crippen molar-refractivity contribution >= 4 is 39.0 Å². The largest absolute Gasteiger partial charge is 0.295 e. The van der Waals surface area contributed by atoms with Gasteiger partial charge in [0.1, 0.15) is 5.69 Å². The standard InChI is InChI=1S/C21H19N5O6S/c1-14-6-8-19(15(2)10-14)24-33(31,32)18-7-9-20(21(12-18)26(29)30)23-22-13-16-4-3-5-17(11-16)25(27)28/h3-13,23-24H,1-2H3. The summed E-state index contributed by atoms with van der Waals surface area (Å²) in [6.07, 6.45) is 1.25. The Kier molecular flexibility index (Phi) is 6.68. The Morgan fingerprint density at radius 1 is 0.909 bits per heavy atom. The summed E-state index contributed by atoms with van der Waals surface area (Å²) < 4.78 is 28.0. The van der Waals surface area contributed by atoms with Gasteiger partial charge in [-0.15, -0.1) is 0 Å². The molecule has 0 unspecified atom stereocenters. The molecule has 12 heteroatoms. The number of hydrazone groups is 1. The maximum absolute atomic E-state index is 12.8. The predicted octanol–water partition coefficient (Wildman–Crippen LogP) is 4.37. The van der Waals surface area contributed by atoms with E-state index in [0.29, 0.717) is 16.8 Å². The Labute approximate surface area is 189 Å². The third-order valence-electron chi connectivity index (χ3n) is 4.58. The Bertz CT molecular complexity index is 1370. The smallest absolute Gasteiger partial charge is 0.279 e. The van der Waals surface area contributed by atoms with Gasteiger partial charge in [0, 0.05) is 23.8 Å². The molecular weight excluding hydrogens is 450 g/mol. The Morgan fingerprint density at radius 2 is 1.64 bits per heavy atom. The van der Waals surface area contributed by atoms with E-state index in [-0.39, 0.29) is 16.3 Å². The SMILES string of the molecule is Cc1ccc(NS(=O)(=O)c2ccc(NN=Cc3cccc([N+](=O)[O-])c3)c([N+](=O)[O-])c2)c(C)c1. The highest BCUT2D eigenvalue weighted by Gasteiger charge is 2.22. The number of hydrogen-bond acceptors (Lipinski definition) is 8. The highest BCUT2D eigenvalue weighted by Crippen LogP contribution is 2.29. The van der Waals surface area contributed by atoms with Crippen molar-refractivity contribution in [2.24, 2.45) is 5.10 Å². The number of nitro benzene ring substituents is 2. The lowest BCUT2D eigenvalue weighted by Gasteiger charge is -2.12. The van der Waals surface area contributed by atoms with Crippen LogP contribution in [-0.2, 0) is 10.0 Å². The number of benzene rings is 3. The van der Waals surface area contributed by atoms with Crippen LogP contribution in [0.2, 0.25) is 0 Å². The quantitative estimate of drug-likeness (QED) is 0.282. The van der Waals surface area contributed by atoms with Crippen molar-refractivity contribution in [1.82, 2.24) is 0 Å². The van der Waals surface area contributed by atoms with Gasteiger partial charge >= 0.3 is 0 Å². The number of nitrogens with zero attached hydrogens (tertiary/aromatic N) is 3. The summed E-state index contributed by atoms with van der Waals surface area (Å²) in [7, 11) is -4.08. The number of aryl methyl sites for hydroxylation is 2. The molecule has 2 N–H and O–H groups in total. The summed E-state index contributed by atoms with van der Waals surface area (Å²) >= 11 is 0. The summed E-state index contributed by atoms with van der Waals surface area (Å²) in [6.45, 7) is 3.63. The van der Waals surface area contributed by atoms with Gasteiger partial charge in [0.15, 0.2) is 0 Å². The fourth-order valence-corrected chi connectivity index (χ4v) is 4.10. The lowest BCUT2D eigenvalue weighted by Crippen LogP contribution is -2.14. The molecule has 0 amide bonds. The van der Waals surface area contributed by atoms with Crippen molar-refractivity contribution in [3.05, 3.63) is 97.6 Å². The van der Waals surface area contributed by atoms with E-state index in [0.717, 1.165) is 11.6 Å². The number of nitro groups is 2. The molecule has 0 aliphatic rings. The summed E-state index contributed by atoms with van der Waals surface area (Å²) in [6, 6.07) is 14.2. The van der Waals surface area contributed by atoms with Gasteiger partial charge in [0.25, 0.3) is 21.4 Å². The fourth-order valence-electron chi connectivity index (χ4n) is 2.95. The van der Waals surface area contributed by atoms with Crippen molar-refractivity contribution in [2.75, 3.05) is 10.1 Å². The molecule has 3 aromatic carbocycles. The van der Waals surface area contributed by atoms with Crippen molar-refractivity contribution in [1.29, 1.82) is 0 Å². The van der Waals surface area contributed by atoms with Crippen LogP contribution in [0.25, 0.3) is 0 Å². The average Bonchev–Trinajstić information content (AvgIpc) is 2.76. The van der Waals surface area contributed by atoms with E-state index in [1.807, 2.05) is 13.0 Å². The van der Waals surface area contributed by atoms with E-state index in [1.165, 1.54) is 36.5 Å². The number of sulfonamides is 1. The van der Waals surface area contributed by atoms with Crippen LogP contribution in [-0.4, -0.2) is 24.5 Å². The first-order chi connectivity index (χ1) is 15.6. The van der Waals surface area contributed by atoms with Gasteiger partial charge in [-0.25, -0.2) is 8.42 Å². The molecule has 170 valence electrons. The van der Waals surface area contributed by atoms with Crippen LogP contribution in [0.3, 0.4) is 0 Å². The fraction of sp³-hybridized carbons (Fsp3) is 0.0952. The van der Waals surface area contributed by atoms with Crippen LogP contribution in [0.1, 0.15) is 16.7 Å². The number of anilines is 2. The van der Waals surface area contributed by atoms with Crippen molar-refractivity contribution in [2.45, 2.75) is 18.7 Å². The molecule has 0 saturated heterocycles. The molecule has 33 heavy (non-hydrogen) atoms. The summed E-state index contributed by atoms with van der Waals surface area (Å²) in [5.41, 5.74) is 4.24. The van der Waals surface area contributed by atoms with E-state index < -0.39 is 25.6 Å². The van der Waals surface area contributed by atoms with Crippen molar-refractivity contribution in [3.8, 4) is 0 Å². The first-order valence-corrected chi connectivity index (χ1v) is 11.0. The maximum atomic E-state index is 12.8. The van der Waals surface area contributed by atoms with Crippen LogP contribution in [0.4, 0.5) is 22.7 Å². The molecule has 3 rings (SSSR count). The molecule has 0 aliphatic heterocycles. The molecule has 3 aromatic rings. The van der Waals surface area contributed by atoms with Gasteiger partial charge in [-0.2, -0.15) is 5.10 Å². The Balaban J connectivity index is 1.85. The zero-order valence-corrected chi connectivity index (χ0v) is 18.4. The topological polar surface area (TPSA) is 157 Å². The summed E-state index contributed by atoms with van der Waals surface area (Å²) in [5, 5.41) is 26.2. The summed E-state index contributed by atoms with van der Waals surface area (Å²) in [5.74, 6) is 0. The second-order valence-electron chi connectivity index (χ2n) is 7.08. The molecule has 0 aromatic heterocycles. The second kappa shape index (κ2) is 9.44. The molecule has 0 bridgehead atoms. The molecule has 11 nitrogen and oxygen atoms in total. The van der Waals surface area contributed by atoms with E-state index in [1.54, 1.807) is 25.1 Å². The van der Waals surface area contributed by atoms with Crippen LogP contribution >= 0.6 is 0 Å². The number of non-ortho nitro benzene ring substituents is 1. The third-order valence-corrected chi connectivity index (χ3v) is 5.95. The summed E-state index contributed by atoms with van der Waals surface area (Å²) in [4.78, 5) is 20.8. The molecule has 0 heterocycles. The number of nitrogens with one attached hydrogen (secondary N) is 2. The first kappa shape index (κ1) is 23.3. The zero-order valence-electron chi connectivity index (χ0n) is 17.6. The molecule has 0 radical (unpaired) electrons. The lowest BCUT2D eigenvalue weighted by molar-refractivity contribution is -0.384. The van der Waals surface area contributed by atoms with E-state index in [9.17, 15) is 28.6 Å². The molecule has 0 atom stereocenters. The molecule has 0 saturated carbocycles. The minimum atomic E-state index is -4.08. The predicted molar refractivity (Wildman–Crippen MR) is 124 cm³/mol. The normalized spacial score (nSPS) is 11.3. The van der Waals surface area contributed by atoms with Crippen LogP contribution < -0.4 is 10.1 Å². The first-order valence-electron chi connectivity index (χ1n) is 9.49. The number of rotatable bonds is 8.